The summed E-state index contributed by atoms with van der Waals surface area (Å²) in [5, 5.41) is 0. The van der Waals surface area contributed by atoms with Gasteiger partial charge in [0.15, 0.2) is 0 Å². The second-order valence-electron chi connectivity index (χ2n) is 4.75. The van der Waals surface area contributed by atoms with E-state index in [1.165, 1.54) is 0 Å². The van der Waals surface area contributed by atoms with Crippen molar-refractivity contribution in [3.8, 4) is 0 Å². The highest BCUT2D eigenvalue weighted by Gasteiger charge is 2.30. The molecule has 2 nitrogen and oxygen atoms in total. The number of ether oxygens (including phenoxy) is 1. The smallest absolute Gasteiger partial charge is 0.0832 e. The molecule has 0 aromatic heterocycles. The number of rotatable bonds is 4. The molecule has 0 bridgehead atoms. The van der Waals surface area contributed by atoms with Gasteiger partial charge in [0, 0.05) is 19.1 Å². The quantitative estimate of drug-likeness (QED) is 0.665. The first-order valence-corrected chi connectivity index (χ1v) is 5.40. The maximum absolute atomic E-state index is 5.89. The van der Waals surface area contributed by atoms with Crippen LogP contribution < -0.4 is 0 Å². The zero-order chi connectivity index (χ0) is 10.0. The molecule has 13 heavy (non-hydrogen) atoms. The zero-order valence-electron chi connectivity index (χ0n) is 9.58. The summed E-state index contributed by atoms with van der Waals surface area (Å²) < 4.78 is 5.89. The van der Waals surface area contributed by atoms with Crippen molar-refractivity contribution in [2.24, 2.45) is 5.92 Å². The Hall–Kier alpha value is -0.0800. The first kappa shape index (κ1) is 11.0. The molecule has 0 aromatic carbocycles. The summed E-state index contributed by atoms with van der Waals surface area (Å²) in [6.07, 6.45) is 0.888. The molecule has 0 spiro atoms. The van der Waals surface area contributed by atoms with E-state index in [1.54, 1.807) is 0 Å². The summed E-state index contributed by atoms with van der Waals surface area (Å²) in [7, 11) is 0. The van der Waals surface area contributed by atoms with Gasteiger partial charge in [-0.2, -0.15) is 0 Å². The van der Waals surface area contributed by atoms with Gasteiger partial charge in [0.25, 0.3) is 0 Å². The Morgan fingerprint density at radius 2 is 1.62 bits per heavy atom. The molecule has 0 aromatic rings. The van der Waals surface area contributed by atoms with Crippen LogP contribution in [0, 0.1) is 5.92 Å². The highest BCUT2D eigenvalue weighted by atomic mass is 16.5. The predicted octanol–water partition coefficient (Wildman–Crippen LogP) is 2.14. The largest absolute Gasteiger partial charge is 0.372 e. The average Bonchev–Trinajstić information content (AvgIpc) is 1.94. The Balaban J connectivity index is 2.14. The zero-order valence-corrected chi connectivity index (χ0v) is 9.58. The third-order valence-corrected chi connectivity index (χ3v) is 2.95. The standard InChI is InChI=1S/C11H23NO/c1-8(2)10(5)13-11-6-12(7-11)9(3)4/h8-11H,6-7H2,1-5H3/t10-/m1/s1. The fourth-order valence-electron chi connectivity index (χ4n) is 1.44. The van der Waals surface area contributed by atoms with Gasteiger partial charge in [0.1, 0.15) is 0 Å². The fraction of sp³-hybridized carbons (Fsp3) is 1.00. The molecule has 1 saturated heterocycles. The van der Waals surface area contributed by atoms with Crippen LogP contribution in [0.1, 0.15) is 34.6 Å². The Bertz CT molecular complexity index is 150. The highest BCUT2D eigenvalue weighted by molar-refractivity contribution is 4.83. The van der Waals surface area contributed by atoms with E-state index in [-0.39, 0.29) is 0 Å². The van der Waals surface area contributed by atoms with Crippen LogP contribution in [-0.2, 0) is 4.74 Å². The van der Waals surface area contributed by atoms with E-state index in [9.17, 15) is 0 Å². The molecule has 0 N–H and O–H groups in total. The van der Waals surface area contributed by atoms with E-state index in [0.717, 1.165) is 13.1 Å². The second-order valence-corrected chi connectivity index (χ2v) is 4.75. The summed E-state index contributed by atoms with van der Waals surface area (Å²) in [4.78, 5) is 2.44. The molecule has 1 rings (SSSR count). The number of nitrogens with zero attached hydrogens (tertiary/aromatic N) is 1. The minimum Gasteiger partial charge on any atom is -0.372 e. The Labute approximate surface area is 82.3 Å². The van der Waals surface area contributed by atoms with Gasteiger partial charge in [-0.1, -0.05) is 13.8 Å². The lowest BCUT2D eigenvalue weighted by molar-refractivity contribution is -0.107. The first-order valence-electron chi connectivity index (χ1n) is 5.40. The van der Waals surface area contributed by atoms with Crippen molar-refractivity contribution in [2.45, 2.75) is 52.9 Å². The van der Waals surface area contributed by atoms with Crippen molar-refractivity contribution < 1.29 is 4.74 Å². The Kier molecular flexibility index (Phi) is 3.74. The summed E-state index contributed by atoms with van der Waals surface area (Å²) in [6.45, 7) is 13.3. The van der Waals surface area contributed by atoms with Gasteiger partial charge in [-0.25, -0.2) is 0 Å². The summed E-state index contributed by atoms with van der Waals surface area (Å²) in [5.74, 6) is 0.632. The van der Waals surface area contributed by atoms with Crippen LogP contribution in [-0.4, -0.2) is 36.2 Å². The van der Waals surface area contributed by atoms with Gasteiger partial charge in [0.05, 0.1) is 12.2 Å². The number of hydrogen-bond donors (Lipinski definition) is 0. The average molecular weight is 185 g/mol. The topological polar surface area (TPSA) is 12.5 Å². The number of likely N-dealkylation sites (tertiary alicyclic amines) is 1. The number of hydrogen-bond acceptors (Lipinski definition) is 2. The molecule has 1 atom stereocenters. The van der Waals surface area contributed by atoms with Gasteiger partial charge in [-0.05, 0) is 26.7 Å². The van der Waals surface area contributed by atoms with Crippen LogP contribution in [0.2, 0.25) is 0 Å². The van der Waals surface area contributed by atoms with Crippen molar-refractivity contribution in [1.29, 1.82) is 0 Å². The predicted molar refractivity (Wildman–Crippen MR) is 55.9 cm³/mol. The minimum absolute atomic E-state index is 0.402. The minimum atomic E-state index is 0.402. The van der Waals surface area contributed by atoms with Gasteiger partial charge in [-0.3, -0.25) is 4.90 Å². The normalized spacial score (nSPS) is 22.4. The summed E-state index contributed by atoms with van der Waals surface area (Å²) >= 11 is 0. The maximum Gasteiger partial charge on any atom is 0.0832 e. The van der Waals surface area contributed by atoms with Crippen LogP contribution in [0.5, 0.6) is 0 Å². The lowest BCUT2D eigenvalue weighted by Crippen LogP contribution is -2.56. The molecular formula is C11H23NO. The molecule has 0 unspecified atom stereocenters. The summed E-state index contributed by atoms with van der Waals surface area (Å²) in [6, 6.07) is 0.675. The Morgan fingerprint density at radius 3 is 2.00 bits per heavy atom. The van der Waals surface area contributed by atoms with Crippen LogP contribution in [0.15, 0.2) is 0 Å². The molecule has 1 aliphatic heterocycles. The third-order valence-electron chi connectivity index (χ3n) is 2.95. The van der Waals surface area contributed by atoms with E-state index in [1.807, 2.05) is 0 Å². The van der Waals surface area contributed by atoms with Crippen molar-refractivity contribution >= 4 is 0 Å². The molecule has 0 saturated carbocycles. The fourth-order valence-corrected chi connectivity index (χ4v) is 1.44. The monoisotopic (exact) mass is 185 g/mol. The van der Waals surface area contributed by atoms with Crippen LogP contribution in [0.25, 0.3) is 0 Å². The third kappa shape index (κ3) is 2.96. The highest BCUT2D eigenvalue weighted by Crippen LogP contribution is 2.18. The van der Waals surface area contributed by atoms with E-state index < -0.39 is 0 Å². The molecule has 1 heterocycles. The van der Waals surface area contributed by atoms with E-state index in [4.69, 9.17) is 4.74 Å². The summed E-state index contributed by atoms with van der Waals surface area (Å²) in [5.41, 5.74) is 0. The van der Waals surface area contributed by atoms with E-state index >= 15 is 0 Å². The molecule has 1 aliphatic rings. The first-order chi connectivity index (χ1) is 6.00. The van der Waals surface area contributed by atoms with Gasteiger partial charge >= 0.3 is 0 Å². The maximum atomic E-state index is 5.89. The van der Waals surface area contributed by atoms with Gasteiger partial charge in [0.2, 0.25) is 0 Å². The van der Waals surface area contributed by atoms with E-state index in [0.29, 0.717) is 24.2 Å². The SMILES string of the molecule is CC(C)[C@@H](C)OC1CN(C(C)C)C1. The van der Waals surface area contributed by atoms with Crippen molar-refractivity contribution in [3.63, 3.8) is 0 Å². The molecular weight excluding hydrogens is 162 g/mol. The van der Waals surface area contributed by atoms with Gasteiger partial charge < -0.3 is 4.74 Å². The van der Waals surface area contributed by atoms with Crippen molar-refractivity contribution in [2.75, 3.05) is 13.1 Å². The van der Waals surface area contributed by atoms with Crippen LogP contribution >= 0.6 is 0 Å². The molecule has 1 fully saturated rings. The van der Waals surface area contributed by atoms with Crippen molar-refractivity contribution in [1.82, 2.24) is 4.90 Å². The molecule has 78 valence electrons. The molecule has 0 aliphatic carbocycles. The van der Waals surface area contributed by atoms with E-state index in [2.05, 4.69) is 39.5 Å². The molecule has 0 amide bonds. The second kappa shape index (κ2) is 4.43. The molecule has 0 radical (unpaired) electrons. The van der Waals surface area contributed by atoms with Crippen molar-refractivity contribution in [3.05, 3.63) is 0 Å². The van der Waals surface area contributed by atoms with Gasteiger partial charge in [-0.15, -0.1) is 0 Å². The lowest BCUT2D eigenvalue weighted by atomic mass is 10.1. The molecule has 2 heteroatoms. The Morgan fingerprint density at radius 1 is 1.08 bits per heavy atom. The van der Waals surface area contributed by atoms with Crippen LogP contribution in [0.4, 0.5) is 0 Å². The lowest BCUT2D eigenvalue weighted by Gasteiger charge is -2.43. The van der Waals surface area contributed by atoms with Crippen LogP contribution in [0.3, 0.4) is 0 Å².